The van der Waals surface area contributed by atoms with Gasteiger partial charge in [-0.2, -0.15) is 0 Å². The molecule has 0 aromatic heterocycles. The largest absolute Gasteiger partial charge is 0.434 e. The summed E-state index contributed by atoms with van der Waals surface area (Å²) in [5, 5.41) is 0. The van der Waals surface area contributed by atoms with Gasteiger partial charge in [0.15, 0.2) is 0 Å². The molecule has 0 saturated carbocycles. The summed E-state index contributed by atoms with van der Waals surface area (Å²) in [6.07, 6.45) is 4.03. The first-order valence-electron chi connectivity index (χ1n) is 5.16. The van der Waals surface area contributed by atoms with Crippen molar-refractivity contribution in [2.24, 2.45) is 5.92 Å². The van der Waals surface area contributed by atoms with Crippen LogP contribution in [0, 0.1) is 5.92 Å². The van der Waals surface area contributed by atoms with Crippen LogP contribution in [0.15, 0.2) is 36.6 Å². The molecule has 1 rings (SSSR count). The highest BCUT2D eigenvalue weighted by Gasteiger charge is 2.09. The number of carbonyl (C=O) groups is 1. The minimum Gasteiger partial charge on any atom is -0.434 e. The van der Waals surface area contributed by atoms with E-state index in [-0.39, 0.29) is 11.9 Å². The van der Waals surface area contributed by atoms with E-state index in [1.165, 1.54) is 6.26 Å². The van der Waals surface area contributed by atoms with Crippen LogP contribution in [-0.2, 0) is 9.53 Å². The summed E-state index contributed by atoms with van der Waals surface area (Å²) >= 11 is 0. The Hall–Kier alpha value is -1.57. The molecule has 0 aliphatic rings. The topological polar surface area (TPSA) is 26.3 Å². The fourth-order valence-electron chi connectivity index (χ4n) is 1.03. The van der Waals surface area contributed by atoms with Crippen LogP contribution in [0.25, 0.3) is 6.08 Å². The van der Waals surface area contributed by atoms with E-state index in [9.17, 15) is 4.79 Å². The minimum atomic E-state index is -0.176. The van der Waals surface area contributed by atoms with Crippen molar-refractivity contribution < 1.29 is 9.53 Å². The Morgan fingerprint density at radius 1 is 1.40 bits per heavy atom. The molecule has 2 nitrogen and oxygen atoms in total. The highest BCUT2D eigenvalue weighted by Crippen LogP contribution is 2.05. The zero-order valence-corrected chi connectivity index (χ0v) is 9.14. The maximum atomic E-state index is 11.3. The lowest BCUT2D eigenvalue weighted by Gasteiger charge is -2.04. The molecule has 1 unspecified atom stereocenters. The van der Waals surface area contributed by atoms with Gasteiger partial charge >= 0.3 is 5.97 Å². The molecule has 0 saturated heterocycles. The van der Waals surface area contributed by atoms with E-state index in [1.54, 1.807) is 6.08 Å². The SMILES string of the molecule is CCC(C)C(=O)O/C=C/c1ccccc1. The van der Waals surface area contributed by atoms with E-state index in [4.69, 9.17) is 4.74 Å². The molecule has 0 aliphatic heterocycles. The number of hydrogen-bond acceptors (Lipinski definition) is 2. The van der Waals surface area contributed by atoms with Gasteiger partial charge in [-0.25, -0.2) is 0 Å². The molecule has 0 spiro atoms. The molecule has 0 bridgehead atoms. The fraction of sp³-hybridized carbons (Fsp3) is 0.308. The predicted molar refractivity (Wildman–Crippen MR) is 61.0 cm³/mol. The Balaban J connectivity index is 2.44. The van der Waals surface area contributed by atoms with Gasteiger partial charge < -0.3 is 4.74 Å². The summed E-state index contributed by atoms with van der Waals surface area (Å²) in [6.45, 7) is 3.82. The number of ether oxygens (including phenoxy) is 1. The van der Waals surface area contributed by atoms with Crippen LogP contribution in [-0.4, -0.2) is 5.97 Å². The maximum absolute atomic E-state index is 11.3. The summed E-state index contributed by atoms with van der Waals surface area (Å²) in [5.74, 6) is -0.213. The average Bonchev–Trinajstić information content (AvgIpc) is 2.29. The van der Waals surface area contributed by atoms with Crippen LogP contribution in [0.1, 0.15) is 25.8 Å². The monoisotopic (exact) mass is 204 g/mol. The van der Waals surface area contributed by atoms with Gasteiger partial charge in [-0.1, -0.05) is 44.2 Å². The minimum absolute atomic E-state index is 0.0366. The second-order valence-electron chi connectivity index (χ2n) is 3.46. The normalized spacial score (nSPS) is 12.7. The summed E-state index contributed by atoms with van der Waals surface area (Å²) in [7, 11) is 0. The third kappa shape index (κ3) is 3.98. The Labute approximate surface area is 90.6 Å². The molecular weight excluding hydrogens is 188 g/mol. The molecule has 0 aliphatic carbocycles. The predicted octanol–water partition coefficient (Wildman–Crippen LogP) is 3.25. The number of hydrogen-bond donors (Lipinski definition) is 0. The van der Waals surface area contributed by atoms with Crippen LogP contribution >= 0.6 is 0 Å². The van der Waals surface area contributed by atoms with Gasteiger partial charge in [0.05, 0.1) is 12.2 Å². The first-order chi connectivity index (χ1) is 7.24. The van der Waals surface area contributed by atoms with Gasteiger partial charge in [0.1, 0.15) is 0 Å². The molecule has 1 atom stereocenters. The third-order valence-corrected chi connectivity index (χ3v) is 2.26. The first-order valence-corrected chi connectivity index (χ1v) is 5.16. The lowest BCUT2D eigenvalue weighted by molar-refractivity contribution is -0.142. The molecule has 15 heavy (non-hydrogen) atoms. The number of benzene rings is 1. The molecule has 1 aromatic carbocycles. The molecule has 0 amide bonds. The van der Waals surface area contributed by atoms with E-state index in [1.807, 2.05) is 44.2 Å². The van der Waals surface area contributed by atoms with Crippen molar-refractivity contribution in [2.75, 3.05) is 0 Å². The molecular formula is C13H16O2. The molecule has 0 heterocycles. The van der Waals surface area contributed by atoms with Crippen molar-refractivity contribution in [2.45, 2.75) is 20.3 Å². The van der Waals surface area contributed by atoms with E-state index < -0.39 is 0 Å². The Kier molecular flexibility index (Phi) is 4.61. The number of rotatable bonds is 4. The Morgan fingerprint density at radius 3 is 2.67 bits per heavy atom. The van der Waals surface area contributed by atoms with E-state index >= 15 is 0 Å². The summed E-state index contributed by atoms with van der Waals surface area (Å²) in [4.78, 5) is 11.3. The average molecular weight is 204 g/mol. The van der Waals surface area contributed by atoms with Crippen LogP contribution in [0.5, 0.6) is 0 Å². The Bertz CT molecular complexity index is 328. The van der Waals surface area contributed by atoms with Gasteiger partial charge in [-0.3, -0.25) is 4.79 Å². The number of esters is 1. The van der Waals surface area contributed by atoms with Crippen molar-refractivity contribution in [1.82, 2.24) is 0 Å². The molecule has 0 radical (unpaired) electrons. The Morgan fingerprint density at radius 2 is 2.07 bits per heavy atom. The van der Waals surface area contributed by atoms with Gasteiger partial charge in [0.2, 0.25) is 0 Å². The fourth-order valence-corrected chi connectivity index (χ4v) is 1.03. The molecule has 0 N–H and O–H groups in total. The van der Waals surface area contributed by atoms with Gasteiger partial charge in [-0.05, 0) is 18.1 Å². The molecule has 1 aromatic rings. The number of carbonyl (C=O) groups excluding carboxylic acids is 1. The highest BCUT2D eigenvalue weighted by atomic mass is 16.5. The van der Waals surface area contributed by atoms with Crippen LogP contribution in [0.3, 0.4) is 0 Å². The first kappa shape index (κ1) is 11.5. The van der Waals surface area contributed by atoms with E-state index in [0.717, 1.165) is 12.0 Å². The zero-order chi connectivity index (χ0) is 11.1. The van der Waals surface area contributed by atoms with Crippen LogP contribution in [0.2, 0.25) is 0 Å². The van der Waals surface area contributed by atoms with Crippen LogP contribution < -0.4 is 0 Å². The molecule has 0 fully saturated rings. The van der Waals surface area contributed by atoms with Crippen molar-refractivity contribution in [3.8, 4) is 0 Å². The molecule has 2 heteroatoms. The molecule has 80 valence electrons. The quantitative estimate of drug-likeness (QED) is 0.556. The highest BCUT2D eigenvalue weighted by molar-refractivity contribution is 5.73. The van der Waals surface area contributed by atoms with Crippen LogP contribution in [0.4, 0.5) is 0 Å². The van der Waals surface area contributed by atoms with Crippen molar-refractivity contribution in [1.29, 1.82) is 0 Å². The van der Waals surface area contributed by atoms with Crippen molar-refractivity contribution >= 4 is 12.0 Å². The van der Waals surface area contributed by atoms with Crippen molar-refractivity contribution in [3.63, 3.8) is 0 Å². The van der Waals surface area contributed by atoms with Gasteiger partial charge in [0, 0.05) is 0 Å². The standard InChI is InChI=1S/C13H16O2/c1-3-11(2)13(14)15-10-9-12-7-5-4-6-8-12/h4-11H,3H2,1-2H3/b10-9+. The summed E-state index contributed by atoms with van der Waals surface area (Å²) < 4.78 is 4.98. The lowest BCUT2D eigenvalue weighted by atomic mass is 10.1. The summed E-state index contributed by atoms with van der Waals surface area (Å²) in [6, 6.07) is 9.73. The van der Waals surface area contributed by atoms with E-state index in [0.29, 0.717) is 0 Å². The maximum Gasteiger partial charge on any atom is 0.313 e. The van der Waals surface area contributed by atoms with Crippen molar-refractivity contribution in [3.05, 3.63) is 42.2 Å². The van der Waals surface area contributed by atoms with Gasteiger partial charge in [0.25, 0.3) is 0 Å². The van der Waals surface area contributed by atoms with Gasteiger partial charge in [-0.15, -0.1) is 0 Å². The second-order valence-corrected chi connectivity index (χ2v) is 3.46. The zero-order valence-electron chi connectivity index (χ0n) is 9.14. The van der Waals surface area contributed by atoms with E-state index in [2.05, 4.69) is 0 Å². The lowest BCUT2D eigenvalue weighted by Crippen LogP contribution is -2.10. The second kappa shape index (κ2) is 6.02. The smallest absolute Gasteiger partial charge is 0.313 e. The third-order valence-electron chi connectivity index (χ3n) is 2.26. The summed E-state index contributed by atoms with van der Waals surface area (Å²) in [5.41, 5.74) is 1.02.